The van der Waals surface area contributed by atoms with Crippen LogP contribution in [0.2, 0.25) is 0 Å². The Hall–Kier alpha value is -1.56. The van der Waals surface area contributed by atoms with E-state index in [9.17, 15) is 4.79 Å². The van der Waals surface area contributed by atoms with E-state index in [0.717, 1.165) is 31.6 Å². The smallest absolute Gasteiger partial charge is 0.317 e. The second-order valence-electron chi connectivity index (χ2n) is 6.01. The van der Waals surface area contributed by atoms with Crippen LogP contribution in [0.15, 0.2) is 6.20 Å². The minimum Gasteiger partial charge on any atom is -0.338 e. The van der Waals surface area contributed by atoms with Crippen LogP contribution in [0.1, 0.15) is 31.5 Å². The molecule has 6 heteroatoms. The fourth-order valence-corrected chi connectivity index (χ4v) is 2.79. The Labute approximate surface area is 126 Å². The molecule has 21 heavy (non-hydrogen) atoms. The first-order valence-corrected chi connectivity index (χ1v) is 7.74. The van der Waals surface area contributed by atoms with Crippen LogP contribution < -0.4 is 5.32 Å². The number of carbonyl (C=O) groups is 1. The summed E-state index contributed by atoms with van der Waals surface area (Å²) in [5.41, 5.74) is 2.34. The number of urea groups is 1. The molecular formula is C15H27N5O. The van der Waals surface area contributed by atoms with E-state index in [2.05, 4.69) is 41.3 Å². The highest BCUT2D eigenvalue weighted by Crippen LogP contribution is 2.15. The Morgan fingerprint density at radius 3 is 2.86 bits per heavy atom. The van der Waals surface area contributed by atoms with E-state index in [4.69, 9.17) is 0 Å². The van der Waals surface area contributed by atoms with Crippen LogP contribution in [-0.2, 0) is 6.42 Å². The van der Waals surface area contributed by atoms with Crippen molar-refractivity contribution in [2.45, 2.75) is 45.7 Å². The fraction of sp³-hybridized carbons (Fsp3) is 0.733. The summed E-state index contributed by atoms with van der Waals surface area (Å²) < 4.78 is 0. The minimum atomic E-state index is 0.0614. The lowest BCUT2D eigenvalue weighted by atomic mass is 10.1. The zero-order valence-corrected chi connectivity index (χ0v) is 13.5. The van der Waals surface area contributed by atoms with Crippen molar-refractivity contribution in [1.29, 1.82) is 0 Å². The summed E-state index contributed by atoms with van der Waals surface area (Å²) in [5.74, 6) is 0. The summed E-state index contributed by atoms with van der Waals surface area (Å²) in [7, 11) is 2.11. The number of aromatic amines is 1. The number of likely N-dealkylation sites (N-methyl/N-ethyl adjacent to an activating group) is 1. The van der Waals surface area contributed by atoms with Crippen LogP contribution in [0, 0.1) is 6.92 Å². The molecule has 1 saturated heterocycles. The highest BCUT2D eigenvalue weighted by atomic mass is 16.2. The van der Waals surface area contributed by atoms with Gasteiger partial charge in [0.2, 0.25) is 0 Å². The average molecular weight is 293 g/mol. The third kappa shape index (κ3) is 3.75. The maximum absolute atomic E-state index is 12.3. The number of hydrogen-bond acceptors (Lipinski definition) is 3. The zero-order valence-electron chi connectivity index (χ0n) is 13.5. The van der Waals surface area contributed by atoms with E-state index >= 15 is 0 Å². The van der Waals surface area contributed by atoms with Gasteiger partial charge < -0.3 is 10.2 Å². The molecule has 1 aliphatic rings. The number of H-pyrrole nitrogens is 1. The van der Waals surface area contributed by atoms with Crippen molar-refractivity contribution in [3.63, 3.8) is 0 Å². The number of carbonyl (C=O) groups excluding carboxylic acids is 1. The van der Waals surface area contributed by atoms with E-state index in [1.54, 1.807) is 0 Å². The van der Waals surface area contributed by atoms with Gasteiger partial charge in [0, 0.05) is 37.4 Å². The van der Waals surface area contributed by atoms with Gasteiger partial charge in [-0.25, -0.2) is 4.79 Å². The van der Waals surface area contributed by atoms with Crippen molar-refractivity contribution < 1.29 is 4.79 Å². The molecule has 1 aliphatic heterocycles. The van der Waals surface area contributed by atoms with Gasteiger partial charge in [-0.15, -0.1) is 0 Å². The highest BCUT2D eigenvalue weighted by molar-refractivity contribution is 5.74. The molecule has 0 bridgehead atoms. The molecular weight excluding hydrogens is 266 g/mol. The van der Waals surface area contributed by atoms with Crippen molar-refractivity contribution in [1.82, 2.24) is 25.3 Å². The lowest BCUT2D eigenvalue weighted by Crippen LogP contribution is -2.59. The van der Waals surface area contributed by atoms with Crippen molar-refractivity contribution in [3.05, 3.63) is 17.5 Å². The van der Waals surface area contributed by atoms with Gasteiger partial charge in [-0.1, -0.05) is 0 Å². The van der Waals surface area contributed by atoms with Gasteiger partial charge in [-0.3, -0.25) is 10.00 Å². The van der Waals surface area contributed by atoms with Gasteiger partial charge in [0.05, 0.1) is 6.20 Å². The van der Waals surface area contributed by atoms with Gasteiger partial charge in [-0.2, -0.15) is 5.10 Å². The second kappa shape index (κ2) is 6.93. The number of piperazine rings is 1. The van der Waals surface area contributed by atoms with Crippen LogP contribution in [0.5, 0.6) is 0 Å². The standard InChI is InChI=1S/C15H27N5O/c1-11-14(10-17-18-11)6-5-7-16-15(21)20-9-8-19(4)12(2)13(20)3/h10,12-13H,5-9H2,1-4H3,(H,16,21)(H,17,18)/t12-,13-/m0/s1. The molecule has 2 heterocycles. The van der Waals surface area contributed by atoms with Crippen molar-refractivity contribution in [2.24, 2.45) is 0 Å². The van der Waals surface area contributed by atoms with E-state index in [1.807, 2.05) is 18.0 Å². The molecule has 0 spiro atoms. The minimum absolute atomic E-state index is 0.0614. The Morgan fingerprint density at radius 2 is 2.19 bits per heavy atom. The molecule has 1 fully saturated rings. The predicted octanol–water partition coefficient (Wildman–Crippen LogP) is 1.38. The first kappa shape index (κ1) is 15.8. The Bertz CT molecular complexity index is 472. The summed E-state index contributed by atoms with van der Waals surface area (Å²) in [6, 6.07) is 0.712. The predicted molar refractivity (Wildman–Crippen MR) is 83.3 cm³/mol. The monoisotopic (exact) mass is 293 g/mol. The molecule has 2 atom stereocenters. The van der Waals surface area contributed by atoms with Crippen LogP contribution in [0.3, 0.4) is 0 Å². The SMILES string of the molecule is Cc1[nH]ncc1CCCNC(=O)N1CCN(C)[C@@H](C)[C@@H]1C. The number of aromatic nitrogens is 2. The molecule has 118 valence electrons. The second-order valence-corrected chi connectivity index (χ2v) is 6.01. The number of nitrogens with one attached hydrogen (secondary N) is 2. The van der Waals surface area contributed by atoms with E-state index in [0.29, 0.717) is 12.6 Å². The molecule has 0 aromatic carbocycles. The molecule has 1 aromatic heterocycles. The summed E-state index contributed by atoms with van der Waals surface area (Å²) in [6.45, 7) is 8.76. The normalized spacial score (nSPS) is 23.3. The van der Waals surface area contributed by atoms with E-state index in [1.165, 1.54) is 5.56 Å². The number of nitrogens with zero attached hydrogens (tertiary/aromatic N) is 3. The molecule has 2 N–H and O–H groups in total. The number of rotatable bonds is 4. The highest BCUT2D eigenvalue weighted by Gasteiger charge is 2.31. The third-order valence-corrected chi connectivity index (χ3v) is 4.67. The molecule has 0 unspecified atom stereocenters. The summed E-state index contributed by atoms with van der Waals surface area (Å²) in [4.78, 5) is 16.5. The van der Waals surface area contributed by atoms with Gasteiger partial charge in [0.1, 0.15) is 0 Å². The average Bonchev–Trinajstić information content (AvgIpc) is 2.86. The van der Waals surface area contributed by atoms with Crippen LogP contribution in [0.4, 0.5) is 4.79 Å². The van der Waals surface area contributed by atoms with Gasteiger partial charge >= 0.3 is 6.03 Å². The third-order valence-electron chi connectivity index (χ3n) is 4.67. The fourth-order valence-electron chi connectivity index (χ4n) is 2.79. The topological polar surface area (TPSA) is 64.3 Å². The summed E-state index contributed by atoms with van der Waals surface area (Å²) in [5, 5.41) is 9.98. The van der Waals surface area contributed by atoms with E-state index < -0.39 is 0 Å². The number of aryl methyl sites for hydroxylation is 2. The quantitative estimate of drug-likeness (QED) is 0.825. The molecule has 2 rings (SSSR count). The maximum Gasteiger partial charge on any atom is 0.317 e. The van der Waals surface area contributed by atoms with Gasteiger partial charge in [-0.05, 0) is 46.2 Å². The zero-order chi connectivity index (χ0) is 15.4. The Balaban J connectivity index is 1.73. The lowest BCUT2D eigenvalue weighted by molar-refractivity contribution is 0.0741. The molecule has 0 saturated carbocycles. The molecule has 2 amide bonds. The molecule has 0 aliphatic carbocycles. The van der Waals surface area contributed by atoms with Gasteiger partial charge in [0.25, 0.3) is 0 Å². The van der Waals surface area contributed by atoms with Crippen molar-refractivity contribution >= 4 is 6.03 Å². The Kier molecular flexibility index (Phi) is 5.22. The maximum atomic E-state index is 12.3. The first-order chi connectivity index (χ1) is 10.0. The number of hydrogen-bond donors (Lipinski definition) is 2. The number of amides is 2. The lowest BCUT2D eigenvalue weighted by Gasteiger charge is -2.43. The van der Waals surface area contributed by atoms with E-state index in [-0.39, 0.29) is 12.1 Å². The van der Waals surface area contributed by atoms with Crippen LogP contribution >= 0.6 is 0 Å². The largest absolute Gasteiger partial charge is 0.338 e. The molecule has 6 nitrogen and oxygen atoms in total. The van der Waals surface area contributed by atoms with Gasteiger partial charge in [0.15, 0.2) is 0 Å². The molecule has 0 radical (unpaired) electrons. The summed E-state index contributed by atoms with van der Waals surface area (Å²) in [6.07, 6.45) is 3.74. The molecule has 1 aromatic rings. The van der Waals surface area contributed by atoms with Crippen molar-refractivity contribution in [3.8, 4) is 0 Å². The first-order valence-electron chi connectivity index (χ1n) is 7.74. The Morgan fingerprint density at radius 1 is 1.43 bits per heavy atom. The summed E-state index contributed by atoms with van der Waals surface area (Å²) >= 11 is 0. The van der Waals surface area contributed by atoms with Crippen molar-refractivity contribution in [2.75, 3.05) is 26.7 Å². The van der Waals surface area contributed by atoms with Crippen LogP contribution in [-0.4, -0.2) is 64.8 Å². The van der Waals surface area contributed by atoms with Crippen LogP contribution in [0.25, 0.3) is 0 Å².